The van der Waals surface area contributed by atoms with E-state index >= 15 is 0 Å². The van der Waals surface area contributed by atoms with E-state index in [0.29, 0.717) is 16.9 Å². The lowest BCUT2D eigenvalue weighted by Gasteiger charge is -2.59. The number of nitrogens with two attached hydrogens (primary N) is 1. The summed E-state index contributed by atoms with van der Waals surface area (Å²) in [6, 6.07) is 0.630. The van der Waals surface area contributed by atoms with Crippen LogP contribution in [0, 0.1) is 46.3 Å². The average Bonchev–Trinajstić information content (AvgIpc) is 3.20. The maximum Gasteiger partial charge on any atom is 0.0253 e. The molecule has 2 nitrogen and oxygen atoms in total. The lowest BCUT2D eigenvalue weighted by atomic mass is 9.46. The van der Waals surface area contributed by atoms with Gasteiger partial charge in [-0.2, -0.15) is 0 Å². The Morgan fingerprint density at radius 3 is 2.42 bits per heavy atom. The van der Waals surface area contributed by atoms with E-state index < -0.39 is 0 Å². The summed E-state index contributed by atoms with van der Waals surface area (Å²) in [4.78, 5) is 0. The molecule has 4 rings (SSSR count). The topological polar surface area (TPSA) is 38.0 Å². The van der Waals surface area contributed by atoms with Crippen LogP contribution in [0.3, 0.4) is 0 Å². The van der Waals surface area contributed by atoms with Crippen molar-refractivity contribution in [3.05, 3.63) is 11.6 Å². The quantitative estimate of drug-likeness (QED) is 0.196. The lowest BCUT2D eigenvalue weighted by Crippen LogP contribution is -2.51. The van der Waals surface area contributed by atoms with Crippen molar-refractivity contribution in [2.75, 3.05) is 13.1 Å². The number of hydrogen-bond donors (Lipinski definition) is 2. The van der Waals surface area contributed by atoms with Gasteiger partial charge in [0.1, 0.15) is 0 Å². The molecule has 36 heavy (non-hydrogen) atoms. The molecule has 0 spiro atoms. The Balaban J connectivity index is 1.32. The Bertz CT molecular complexity index is 712. The molecule has 0 aromatic carbocycles. The summed E-state index contributed by atoms with van der Waals surface area (Å²) in [5, 5.41) is 3.92. The van der Waals surface area contributed by atoms with Gasteiger partial charge in [0.05, 0.1) is 0 Å². The van der Waals surface area contributed by atoms with E-state index in [9.17, 15) is 0 Å². The van der Waals surface area contributed by atoms with Crippen LogP contribution in [0.25, 0.3) is 0 Å². The number of allylic oxidation sites excluding steroid dienone is 1. The molecule has 0 amide bonds. The highest BCUT2D eigenvalue weighted by Crippen LogP contribution is 2.67. The van der Waals surface area contributed by atoms with Crippen molar-refractivity contribution in [1.82, 2.24) is 5.32 Å². The minimum Gasteiger partial charge on any atom is -0.330 e. The van der Waals surface area contributed by atoms with Crippen LogP contribution in [0.15, 0.2) is 11.6 Å². The summed E-state index contributed by atoms with van der Waals surface area (Å²) >= 11 is 0. The highest BCUT2D eigenvalue weighted by molar-refractivity contribution is 5.26. The van der Waals surface area contributed by atoms with E-state index in [4.69, 9.17) is 5.73 Å². The third kappa shape index (κ3) is 6.11. The summed E-state index contributed by atoms with van der Waals surface area (Å²) in [6.07, 6.45) is 25.3. The predicted molar refractivity (Wildman–Crippen MR) is 157 cm³/mol. The first kappa shape index (κ1) is 28.7. The van der Waals surface area contributed by atoms with Gasteiger partial charge in [0.25, 0.3) is 0 Å². The van der Waals surface area contributed by atoms with Crippen LogP contribution in [-0.2, 0) is 0 Å². The van der Waals surface area contributed by atoms with E-state index in [-0.39, 0.29) is 0 Å². The number of hydrogen-bond acceptors (Lipinski definition) is 2. The zero-order valence-electron chi connectivity index (χ0n) is 24.9. The molecule has 0 aliphatic heterocycles. The van der Waals surface area contributed by atoms with Gasteiger partial charge in [-0.05, 0) is 124 Å². The van der Waals surface area contributed by atoms with Gasteiger partial charge < -0.3 is 11.1 Å². The minimum absolute atomic E-state index is 0.492. The summed E-state index contributed by atoms with van der Waals surface area (Å²) in [5.41, 5.74) is 8.59. The second-order valence-electron chi connectivity index (χ2n) is 14.7. The van der Waals surface area contributed by atoms with Gasteiger partial charge >= 0.3 is 0 Å². The molecule has 0 saturated heterocycles. The Morgan fingerprint density at radius 1 is 0.861 bits per heavy atom. The monoisotopic (exact) mass is 498 g/mol. The molecule has 4 aliphatic rings. The molecule has 0 unspecified atom stereocenters. The second kappa shape index (κ2) is 12.7. The van der Waals surface area contributed by atoms with Crippen LogP contribution in [0.5, 0.6) is 0 Å². The SMILES string of the molecule is CC(C)CCC[C@@H](C)[C@H]1CC[C@H]2[C@@H]3CCC4=C[C@@H](NCCCCCCCN)CC[C@]4(C)[C@H]3CC[C@]12C. The van der Waals surface area contributed by atoms with E-state index in [1.165, 1.54) is 109 Å². The van der Waals surface area contributed by atoms with E-state index in [1.807, 2.05) is 5.57 Å². The van der Waals surface area contributed by atoms with Gasteiger partial charge in [0.2, 0.25) is 0 Å². The first-order valence-electron chi connectivity index (χ1n) is 16.4. The number of nitrogens with one attached hydrogen (secondary N) is 1. The van der Waals surface area contributed by atoms with Crippen LogP contribution >= 0.6 is 0 Å². The molecule has 3 N–H and O–H groups in total. The Morgan fingerprint density at radius 2 is 1.64 bits per heavy atom. The first-order chi connectivity index (χ1) is 17.3. The summed E-state index contributed by atoms with van der Waals surface area (Å²) in [6.45, 7) is 14.9. The van der Waals surface area contributed by atoms with Gasteiger partial charge in [0, 0.05) is 6.04 Å². The third-order valence-electron chi connectivity index (χ3n) is 12.1. The molecule has 8 atom stereocenters. The molecule has 208 valence electrons. The normalized spacial score (nSPS) is 38.9. The van der Waals surface area contributed by atoms with Crippen molar-refractivity contribution in [2.45, 2.75) is 143 Å². The molecule has 0 aromatic rings. The van der Waals surface area contributed by atoms with Crippen molar-refractivity contribution in [3.8, 4) is 0 Å². The second-order valence-corrected chi connectivity index (χ2v) is 14.7. The van der Waals surface area contributed by atoms with Crippen LogP contribution < -0.4 is 11.1 Å². The molecule has 4 aliphatic carbocycles. The third-order valence-corrected chi connectivity index (χ3v) is 12.1. The van der Waals surface area contributed by atoms with Crippen LogP contribution in [-0.4, -0.2) is 19.1 Å². The largest absolute Gasteiger partial charge is 0.330 e. The number of rotatable bonds is 13. The summed E-state index contributed by atoms with van der Waals surface area (Å²) in [5.74, 6) is 5.72. The van der Waals surface area contributed by atoms with Gasteiger partial charge in [-0.25, -0.2) is 0 Å². The fraction of sp³-hybridized carbons (Fsp3) is 0.941. The van der Waals surface area contributed by atoms with Crippen LogP contribution in [0.4, 0.5) is 0 Å². The molecule has 0 radical (unpaired) electrons. The maximum absolute atomic E-state index is 5.63. The molecule has 0 bridgehead atoms. The lowest BCUT2D eigenvalue weighted by molar-refractivity contribution is -0.0599. The van der Waals surface area contributed by atoms with E-state index in [2.05, 4.69) is 46.0 Å². The van der Waals surface area contributed by atoms with Crippen LogP contribution in [0.2, 0.25) is 0 Å². The number of unbranched alkanes of at least 4 members (excludes halogenated alkanes) is 4. The summed E-state index contributed by atoms with van der Waals surface area (Å²) in [7, 11) is 0. The van der Waals surface area contributed by atoms with Crippen molar-refractivity contribution in [3.63, 3.8) is 0 Å². The van der Waals surface area contributed by atoms with E-state index in [1.54, 1.807) is 0 Å². The van der Waals surface area contributed by atoms with Crippen molar-refractivity contribution in [2.24, 2.45) is 52.1 Å². The zero-order chi connectivity index (χ0) is 25.8. The molecule has 3 saturated carbocycles. The standard InChI is InChI=1S/C34H62N2/c1-25(2)12-11-13-26(3)30-16-17-31-29-15-14-27-24-28(36-23-10-8-6-7-9-22-35)18-20-33(27,4)32(29)19-21-34(30,31)5/h24-26,28-32,36H,6-23,35H2,1-5H3/t26-,28+,29+,30-,31+,32+,33+,34-/m1/s1. The maximum atomic E-state index is 5.63. The van der Waals surface area contributed by atoms with Gasteiger partial charge in [-0.1, -0.05) is 84.8 Å². The molecule has 2 heteroatoms. The van der Waals surface area contributed by atoms with Crippen molar-refractivity contribution in [1.29, 1.82) is 0 Å². The Hall–Kier alpha value is -0.340. The smallest absolute Gasteiger partial charge is 0.0253 e. The average molecular weight is 499 g/mol. The number of fused-ring (bicyclic) bond motifs is 5. The Labute approximate surface area is 225 Å². The first-order valence-corrected chi connectivity index (χ1v) is 16.4. The molecule has 0 aromatic heterocycles. The predicted octanol–water partition coefficient (Wildman–Crippen LogP) is 8.90. The van der Waals surface area contributed by atoms with Crippen molar-refractivity contribution < 1.29 is 0 Å². The molecular formula is C34H62N2. The van der Waals surface area contributed by atoms with Crippen molar-refractivity contribution >= 4 is 0 Å². The minimum atomic E-state index is 0.492. The fourth-order valence-electron chi connectivity index (χ4n) is 10.0. The van der Waals surface area contributed by atoms with E-state index in [0.717, 1.165) is 42.1 Å². The van der Waals surface area contributed by atoms with Gasteiger partial charge in [-0.15, -0.1) is 0 Å². The fourth-order valence-corrected chi connectivity index (χ4v) is 10.0. The highest BCUT2D eigenvalue weighted by Gasteiger charge is 2.59. The zero-order valence-corrected chi connectivity index (χ0v) is 24.9. The molecular weight excluding hydrogens is 436 g/mol. The van der Waals surface area contributed by atoms with Crippen LogP contribution in [0.1, 0.15) is 137 Å². The molecule has 0 heterocycles. The molecule has 3 fully saturated rings. The highest BCUT2D eigenvalue weighted by atomic mass is 14.9. The summed E-state index contributed by atoms with van der Waals surface area (Å²) < 4.78 is 0. The Kier molecular flexibility index (Phi) is 10.1. The van der Waals surface area contributed by atoms with Gasteiger partial charge in [0.15, 0.2) is 0 Å². The van der Waals surface area contributed by atoms with Gasteiger partial charge in [-0.3, -0.25) is 0 Å².